The summed E-state index contributed by atoms with van der Waals surface area (Å²) in [6.07, 6.45) is 1.32. The van der Waals surface area contributed by atoms with Crippen LogP contribution in [0.15, 0.2) is 45.6 Å². The molecule has 0 radical (unpaired) electrons. The van der Waals surface area contributed by atoms with Crippen molar-refractivity contribution in [3.8, 4) is 17.1 Å². The predicted molar refractivity (Wildman–Crippen MR) is 87.4 cm³/mol. The standard InChI is InChI=1S/C17H16N2O3S/c1-12(20)2-3-13-4-6-15(7-5-13)21-10-16-18-17(19-22-16)14-8-9-23-11-14/h4-9,11H,2-3,10H2,1H3. The van der Waals surface area contributed by atoms with Gasteiger partial charge in [0.1, 0.15) is 11.5 Å². The molecule has 3 aromatic rings. The van der Waals surface area contributed by atoms with E-state index in [-0.39, 0.29) is 12.4 Å². The molecule has 0 aliphatic heterocycles. The van der Waals surface area contributed by atoms with Gasteiger partial charge in [-0.2, -0.15) is 16.3 Å². The SMILES string of the molecule is CC(=O)CCc1ccc(OCc2nc(-c3ccsc3)no2)cc1. The number of nitrogens with zero attached hydrogens (tertiary/aromatic N) is 2. The number of ketones is 1. The topological polar surface area (TPSA) is 65.2 Å². The molecule has 3 rings (SSSR count). The summed E-state index contributed by atoms with van der Waals surface area (Å²) in [6.45, 7) is 1.83. The highest BCUT2D eigenvalue weighted by Crippen LogP contribution is 2.20. The number of aromatic nitrogens is 2. The molecule has 0 spiro atoms. The second-order valence-electron chi connectivity index (χ2n) is 5.16. The molecule has 0 bridgehead atoms. The first-order valence-electron chi connectivity index (χ1n) is 7.27. The molecule has 2 heterocycles. The van der Waals surface area contributed by atoms with Crippen molar-refractivity contribution >= 4 is 17.1 Å². The summed E-state index contributed by atoms with van der Waals surface area (Å²) in [6, 6.07) is 9.63. The molecule has 0 aliphatic rings. The van der Waals surface area contributed by atoms with Crippen LogP contribution in [-0.4, -0.2) is 15.9 Å². The van der Waals surface area contributed by atoms with Crippen LogP contribution >= 0.6 is 11.3 Å². The van der Waals surface area contributed by atoms with E-state index in [0.29, 0.717) is 18.1 Å². The number of benzene rings is 1. The zero-order valence-corrected chi connectivity index (χ0v) is 13.5. The molecule has 1 aromatic carbocycles. The first-order chi connectivity index (χ1) is 11.2. The lowest BCUT2D eigenvalue weighted by atomic mass is 10.1. The molecule has 6 heteroatoms. The van der Waals surface area contributed by atoms with E-state index in [1.807, 2.05) is 41.1 Å². The molecule has 2 aromatic heterocycles. The van der Waals surface area contributed by atoms with Gasteiger partial charge in [-0.3, -0.25) is 0 Å². The van der Waals surface area contributed by atoms with Crippen LogP contribution in [-0.2, 0) is 17.8 Å². The van der Waals surface area contributed by atoms with Gasteiger partial charge in [0, 0.05) is 17.4 Å². The number of Topliss-reactive ketones (excluding diaryl/α,β-unsaturated/α-hetero) is 1. The van der Waals surface area contributed by atoms with E-state index in [9.17, 15) is 4.79 Å². The lowest BCUT2D eigenvalue weighted by Crippen LogP contribution is -1.97. The highest BCUT2D eigenvalue weighted by atomic mass is 32.1. The first-order valence-corrected chi connectivity index (χ1v) is 8.21. The Balaban J connectivity index is 1.55. The van der Waals surface area contributed by atoms with Gasteiger partial charge in [-0.05, 0) is 42.5 Å². The Morgan fingerprint density at radius 3 is 2.78 bits per heavy atom. The summed E-state index contributed by atoms with van der Waals surface area (Å²) in [5.74, 6) is 1.94. The minimum atomic E-state index is 0.197. The fraction of sp³-hybridized carbons (Fsp3) is 0.235. The van der Waals surface area contributed by atoms with Gasteiger partial charge in [-0.15, -0.1) is 0 Å². The Bertz CT molecular complexity index is 764. The first kappa shape index (κ1) is 15.4. The fourth-order valence-electron chi connectivity index (χ4n) is 2.04. The van der Waals surface area contributed by atoms with Crippen molar-refractivity contribution in [1.82, 2.24) is 10.1 Å². The van der Waals surface area contributed by atoms with Crippen LogP contribution < -0.4 is 4.74 Å². The molecule has 0 amide bonds. The maximum atomic E-state index is 11.0. The number of hydrogen-bond acceptors (Lipinski definition) is 6. The Kier molecular flexibility index (Phi) is 4.83. The van der Waals surface area contributed by atoms with Gasteiger partial charge in [0.25, 0.3) is 5.89 Å². The average Bonchev–Trinajstić information content (AvgIpc) is 3.23. The average molecular weight is 328 g/mol. The van der Waals surface area contributed by atoms with Crippen molar-refractivity contribution in [2.75, 3.05) is 0 Å². The fourth-order valence-corrected chi connectivity index (χ4v) is 2.67. The Morgan fingerprint density at radius 1 is 1.26 bits per heavy atom. The van der Waals surface area contributed by atoms with Crippen LogP contribution in [0.3, 0.4) is 0 Å². The minimum absolute atomic E-state index is 0.197. The number of rotatable bonds is 7. The monoisotopic (exact) mass is 328 g/mol. The highest BCUT2D eigenvalue weighted by Gasteiger charge is 2.09. The predicted octanol–water partition coefficient (Wildman–Crippen LogP) is 3.90. The molecule has 0 aliphatic carbocycles. The summed E-state index contributed by atoms with van der Waals surface area (Å²) in [4.78, 5) is 15.3. The number of hydrogen-bond donors (Lipinski definition) is 0. The third-order valence-electron chi connectivity index (χ3n) is 3.30. The minimum Gasteiger partial charge on any atom is -0.484 e. The maximum Gasteiger partial charge on any atom is 0.264 e. The van der Waals surface area contributed by atoms with Crippen LogP contribution in [0, 0.1) is 0 Å². The van der Waals surface area contributed by atoms with E-state index >= 15 is 0 Å². The van der Waals surface area contributed by atoms with E-state index in [1.54, 1.807) is 18.3 Å². The normalized spacial score (nSPS) is 10.7. The number of aryl methyl sites for hydroxylation is 1. The van der Waals surface area contributed by atoms with E-state index in [1.165, 1.54) is 0 Å². The van der Waals surface area contributed by atoms with Crippen molar-refractivity contribution in [1.29, 1.82) is 0 Å². The summed E-state index contributed by atoms with van der Waals surface area (Å²) in [5, 5.41) is 7.87. The number of carbonyl (C=O) groups is 1. The van der Waals surface area contributed by atoms with Crippen LogP contribution in [0.5, 0.6) is 5.75 Å². The molecule has 0 saturated heterocycles. The van der Waals surface area contributed by atoms with E-state index in [2.05, 4.69) is 10.1 Å². The quantitative estimate of drug-likeness (QED) is 0.658. The van der Waals surface area contributed by atoms with Gasteiger partial charge in [0.05, 0.1) is 0 Å². The largest absolute Gasteiger partial charge is 0.484 e. The Hall–Kier alpha value is -2.47. The van der Waals surface area contributed by atoms with Gasteiger partial charge in [-0.25, -0.2) is 0 Å². The zero-order valence-electron chi connectivity index (χ0n) is 12.7. The highest BCUT2D eigenvalue weighted by molar-refractivity contribution is 7.08. The summed E-state index contributed by atoms with van der Waals surface area (Å²) in [7, 11) is 0. The van der Waals surface area contributed by atoms with E-state index in [4.69, 9.17) is 9.26 Å². The van der Waals surface area contributed by atoms with E-state index in [0.717, 1.165) is 23.3 Å². The molecule has 0 unspecified atom stereocenters. The summed E-state index contributed by atoms with van der Waals surface area (Å²) < 4.78 is 10.8. The van der Waals surface area contributed by atoms with E-state index < -0.39 is 0 Å². The smallest absolute Gasteiger partial charge is 0.264 e. The van der Waals surface area contributed by atoms with Gasteiger partial charge >= 0.3 is 0 Å². The molecule has 0 N–H and O–H groups in total. The van der Waals surface area contributed by atoms with Crippen LogP contribution in [0.1, 0.15) is 24.8 Å². The molecule has 23 heavy (non-hydrogen) atoms. The van der Waals surface area contributed by atoms with Gasteiger partial charge in [0.15, 0.2) is 6.61 Å². The number of thiophene rings is 1. The van der Waals surface area contributed by atoms with Crippen molar-refractivity contribution in [2.24, 2.45) is 0 Å². The van der Waals surface area contributed by atoms with Crippen molar-refractivity contribution in [2.45, 2.75) is 26.4 Å². The lowest BCUT2D eigenvalue weighted by Gasteiger charge is -2.04. The summed E-state index contributed by atoms with van der Waals surface area (Å²) in [5.41, 5.74) is 2.06. The molecule has 5 nitrogen and oxygen atoms in total. The van der Waals surface area contributed by atoms with Gasteiger partial charge in [0.2, 0.25) is 5.82 Å². The molecule has 0 atom stereocenters. The number of carbonyl (C=O) groups excluding carboxylic acids is 1. The third-order valence-corrected chi connectivity index (χ3v) is 3.98. The Labute approximate surface area is 137 Å². The zero-order chi connectivity index (χ0) is 16.1. The third kappa shape index (κ3) is 4.26. The van der Waals surface area contributed by atoms with Crippen LogP contribution in [0.4, 0.5) is 0 Å². The molecular formula is C17H16N2O3S. The van der Waals surface area contributed by atoms with Crippen LogP contribution in [0.25, 0.3) is 11.4 Å². The second-order valence-corrected chi connectivity index (χ2v) is 5.94. The van der Waals surface area contributed by atoms with Gasteiger partial charge in [-0.1, -0.05) is 17.3 Å². The van der Waals surface area contributed by atoms with Crippen molar-refractivity contribution in [3.05, 3.63) is 52.5 Å². The van der Waals surface area contributed by atoms with Crippen LogP contribution in [0.2, 0.25) is 0 Å². The molecule has 118 valence electrons. The van der Waals surface area contributed by atoms with Crippen molar-refractivity contribution < 1.29 is 14.1 Å². The summed E-state index contributed by atoms with van der Waals surface area (Å²) >= 11 is 1.59. The maximum absolute atomic E-state index is 11.0. The molecule has 0 fully saturated rings. The van der Waals surface area contributed by atoms with Gasteiger partial charge < -0.3 is 14.1 Å². The Morgan fingerprint density at radius 2 is 2.09 bits per heavy atom. The van der Waals surface area contributed by atoms with Crippen molar-refractivity contribution in [3.63, 3.8) is 0 Å². The number of ether oxygens (including phenoxy) is 1. The second kappa shape index (κ2) is 7.19. The molecular weight excluding hydrogens is 312 g/mol. The molecule has 0 saturated carbocycles. The lowest BCUT2D eigenvalue weighted by molar-refractivity contribution is -0.116.